The topological polar surface area (TPSA) is 54.5 Å². The first kappa shape index (κ1) is 16.7. The van der Waals surface area contributed by atoms with Crippen LogP contribution >= 0.6 is 23.7 Å². The van der Waals surface area contributed by atoms with Gasteiger partial charge in [0.25, 0.3) is 5.91 Å². The third-order valence-electron chi connectivity index (χ3n) is 4.35. The Labute approximate surface area is 135 Å². The van der Waals surface area contributed by atoms with E-state index in [0.29, 0.717) is 12.3 Å². The lowest BCUT2D eigenvalue weighted by Crippen LogP contribution is -2.33. The van der Waals surface area contributed by atoms with Crippen molar-refractivity contribution < 1.29 is 9.53 Å². The zero-order valence-corrected chi connectivity index (χ0v) is 13.8. The third-order valence-corrected chi connectivity index (χ3v) is 5.17. The Balaban J connectivity index is 0.00000161. The highest BCUT2D eigenvalue weighted by Gasteiger charge is 2.32. The van der Waals surface area contributed by atoms with Crippen molar-refractivity contribution in [2.75, 3.05) is 33.3 Å². The van der Waals surface area contributed by atoms with Gasteiger partial charge in [0, 0.05) is 25.6 Å². The number of methoxy groups -OCH3 is 1. The molecule has 0 unspecified atom stereocenters. The fourth-order valence-electron chi connectivity index (χ4n) is 3.18. The predicted molar refractivity (Wildman–Crippen MR) is 85.1 cm³/mol. The van der Waals surface area contributed by atoms with E-state index >= 15 is 0 Å². The number of carbonyl (C=O) groups excluding carboxylic acids is 1. The largest absolute Gasteiger partial charge is 0.378 e. The maximum absolute atomic E-state index is 12.5. The van der Waals surface area contributed by atoms with E-state index in [1.807, 2.05) is 10.3 Å². The number of fused-ring (bicyclic) bond motifs is 1. The van der Waals surface area contributed by atoms with Gasteiger partial charge in [-0.05, 0) is 37.8 Å². The second-order valence-electron chi connectivity index (χ2n) is 5.61. The number of aromatic nitrogens is 1. The summed E-state index contributed by atoms with van der Waals surface area (Å²) >= 11 is 1.49. The summed E-state index contributed by atoms with van der Waals surface area (Å²) < 4.78 is 5.05. The van der Waals surface area contributed by atoms with Crippen molar-refractivity contribution in [3.05, 3.63) is 16.1 Å². The molecule has 2 aliphatic heterocycles. The van der Waals surface area contributed by atoms with E-state index in [-0.39, 0.29) is 18.3 Å². The van der Waals surface area contributed by atoms with E-state index in [9.17, 15) is 4.79 Å². The molecule has 0 radical (unpaired) electrons. The van der Waals surface area contributed by atoms with Crippen LogP contribution in [0.1, 0.15) is 28.3 Å². The monoisotopic (exact) mass is 331 g/mol. The van der Waals surface area contributed by atoms with E-state index in [2.05, 4.69) is 10.3 Å². The molecule has 2 atom stereocenters. The summed E-state index contributed by atoms with van der Waals surface area (Å²) in [5.74, 6) is 1.57. The Kier molecular flexibility index (Phi) is 5.98. The minimum atomic E-state index is 0. The summed E-state index contributed by atoms with van der Waals surface area (Å²) in [4.78, 5) is 18.8. The Morgan fingerprint density at radius 1 is 1.43 bits per heavy atom. The first-order valence-corrected chi connectivity index (χ1v) is 8.09. The van der Waals surface area contributed by atoms with Crippen molar-refractivity contribution in [3.63, 3.8) is 0 Å². The highest BCUT2D eigenvalue weighted by atomic mass is 35.5. The Morgan fingerprint density at radius 2 is 2.10 bits per heavy atom. The molecule has 7 heteroatoms. The molecule has 1 amide bonds. The van der Waals surface area contributed by atoms with Gasteiger partial charge in [0.15, 0.2) is 0 Å². The SMILES string of the molecule is COCc1nc(C(=O)N2CC[C@@H]3CNC[C@@H]3CC2)cs1.Cl. The second-order valence-corrected chi connectivity index (χ2v) is 6.55. The van der Waals surface area contributed by atoms with Crippen LogP contribution in [0.4, 0.5) is 0 Å². The average Bonchev–Trinajstić information content (AvgIpc) is 3.05. The van der Waals surface area contributed by atoms with Crippen LogP contribution in [0, 0.1) is 11.8 Å². The Hall–Kier alpha value is -0.690. The van der Waals surface area contributed by atoms with E-state index in [1.54, 1.807) is 7.11 Å². The zero-order chi connectivity index (χ0) is 13.9. The molecule has 3 heterocycles. The first-order chi connectivity index (χ1) is 9.78. The maximum Gasteiger partial charge on any atom is 0.273 e. The number of likely N-dealkylation sites (tertiary alicyclic amines) is 1. The summed E-state index contributed by atoms with van der Waals surface area (Å²) in [6.45, 7) is 4.42. The molecule has 0 spiro atoms. The smallest absolute Gasteiger partial charge is 0.273 e. The van der Waals surface area contributed by atoms with Crippen LogP contribution < -0.4 is 5.32 Å². The molecule has 21 heavy (non-hydrogen) atoms. The van der Waals surface area contributed by atoms with E-state index in [4.69, 9.17) is 4.74 Å². The van der Waals surface area contributed by atoms with Gasteiger partial charge in [-0.3, -0.25) is 4.79 Å². The van der Waals surface area contributed by atoms with Gasteiger partial charge in [0.2, 0.25) is 0 Å². The van der Waals surface area contributed by atoms with Gasteiger partial charge in [-0.25, -0.2) is 4.98 Å². The van der Waals surface area contributed by atoms with Crippen LogP contribution in [0.5, 0.6) is 0 Å². The Morgan fingerprint density at radius 3 is 2.71 bits per heavy atom. The van der Waals surface area contributed by atoms with Crippen molar-refractivity contribution >= 4 is 29.7 Å². The molecule has 2 saturated heterocycles. The predicted octanol–water partition coefficient (Wildman–Crippen LogP) is 1.78. The van der Waals surface area contributed by atoms with Crippen molar-refractivity contribution in [1.29, 1.82) is 0 Å². The van der Waals surface area contributed by atoms with Crippen LogP contribution in [-0.4, -0.2) is 49.1 Å². The van der Waals surface area contributed by atoms with Gasteiger partial charge >= 0.3 is 0 Å². The molecule has 1 aromatic heterocycles. The van der Waals surface area contributed by atoms with Crippen LogP contribution in [-0.2, 0) is 11.3 Å². The molecule has 2 fully saturated rings. The second kappa shape index (κ2) is 7.54. The quantitative estimate of drug-likeness (QED) is 0.917. The standard InChI is InChI=1S/C14H21N3O2S.ClH/c1-19-8-13-16-12(9-20-13)14(18)17-4-2-10-6-15-7-11(10)3-5-17;/h9-11,15H,2-8H2,1H3;1H/t10-,11+;. The van der Waals surface area contributed by atoms with Crippen molar-refractivity contribution in [2.45, 2.75) is 19.4 Å². The summed E-state index contributed by atoms with van der Waals surface area (Å²) in [6.07, 6.45) is 2.22. The normalized spacial score (nSPS) is 25.1. The summed E-state index contributed by atoms with van der Waals surface area (Å²) in [7, 11) is 1.64. The van der Waals surface area contributed by atoms with Crippen LogP contribution in [0.15, 0.2) is 5.38 Å². The molecule has 1 aromatic rings. The lowest BCUT2D eigenvalue weighted by molar-refractivity contribution is 0.0753. The summed E-state index contributed by atoms with van der Waals surface area (Å²) in [5.41, 5.74) is 0.576. The minimum Gasteiger partial charge on any atom is -0.378 e. The molecular weight excluding hydrogens is 310 g/mol. The third kappa shape index (κ3) is 3.74. The van der Waals surface area contributed by atoms with Gasteiger partial charge in [-0.2, -0.15) is 0 Å². The van der Waals surface area contributed by atoms with Gasteiger partial charge in [0.05, 0.1) is 6.61 Å². The number of ether oxygens (including phenoxy) is 1. The molecular formula is C14H22ClN3O2S. The molecule has 3 rings (SSSR count). The molecule has 0 saturated carbocycles. The fourth-order valence-corrected chi connectivity index (χ4v) is 3.92. The minimum absolute atomic E-state index is 0. The van der Waals surface area contributed by atoms with Crippen LogP contribution in [0.3, 0.4) is 0 Å². The summed E-state index contributed by atoms with van der Waals surface area (Å²) in [5, 5.41) is 6.18. The summed E-state index contributed by atoms with van der Waals surface area (Å²) in [6, 6.07) is 0. The van der Waals surface area contributed by atoms with Gasteiger partial charge in [0.1, 0.15) is 10.7 Å². The number of rotatable bonds is 3. The molecule has 0 aromatic carbocycles. The zero-order valence-electron chi connectivity index (χ0n) is 12.2. The van der Waals surface area contributed by atoms with Crippen molar-refractivity contribution in [2.24, 2.45) is 11.8 Å². The molecule has 5 nitrogen and oxygen atoms in total. The van der Waals surface area contributed by atoms with Gasteiger partial charge in [-0.1, -0.05) is 0 Å². The number of halogens is 1. The number of nitrogens with one attached hydrogen (secondary N) is 1. The number of hydrogen-bond acceptors (Lipinski definition) is 5. The van der Waals surface area contributed by atoms with E-state index in [1.165, 1.54) is 11.3 Å². The lowest BCUT2D eigenvalue weighted by Gasteiger charge is -2.19. The van der Waals surface area contributed by atoms with E-state index in [0.717, 1.165) is 55.9 Å². The Bertz CT molecular complexity index is 469. The van der Waals surface area contributed by atoms with Gasteiger partial charge in [-0.15, -0.1) is 23.7 Å². The first-order valence-electron chi connectivity index (χ1n) is 7.21. The average molecular weight is 332 g/mol. The molecule has 1 N–H and O–H groups in total. The van der Waals surface area contributed by atoms with Crippen LogP contribution in [0.2, 0.25) is 0 Å². The van der Waals surface area contributed by atoms with Crippen molar-refractivity contribution in [1.82, 2.24) is 15.2 Å². The highest BCUT2D eigenvalue weighted by Crippen LogP contribution is 2.27. The lowest BCUT2D eigenvalue weighted by atomic mass is 9.92. The fraction of sp³-hybridized carbons (Fsp3) is 0.714. The number of thiazole rings is 1. The highest BCUT2D eigenvalue weighted by molar-refractivity contribution is 7.09. The number of hydrogen-bond donors (Lipinski definition) is 1. The molecule has 0 bridgehead atoms. The van der Waals surface area contributed by atoms with Crippen molar-refractivity contribution in [3.8, 4) is 0 Å². The maximum atomic E-state index is 12.5. The number of carbonyl (C=O) groups is 1. The van der Waals surface area contributed by atoms with Gasteiger partial charge < -0.3 is 15.0 Å². The number of amides is 1. The molecule has 118 valence electrons. The van der Waals surface area contributed by atoms with Crippen LogP contribution in [0.25, 0.3) is 0 Å². The van der Waals surface area contributed by atoms with E-state index < -0.39 is 0 Å². The molecule has 2 aliphatic rings. The molecule has 0 aliphatic carbocycles. The number of nitrogens with zero attached hydrogens (tertiary/aromatic N) is 2.